The smallest absolute Gasteiger partial charge is 0.246 e. The molecule has 1 N–H and O–H groups in total. The molecule has 0 spiro atoms. The number of nitrogens with one attached hydrogen (secondary N) is 1. The van der Waals surface area contributed by atoms with Crippen molar-refractivity contribution in [2.24, 2.45) is 5.41 Å². The molecule has 0 radical (unpaired) electrons. The van der Waals surface area contributed by atoms with Gasteiger partial charge >= 0.3 is 0 Å². The molecule has 0 aliphatic rings. The van der Waals surface area contributed by atoms with Crippen molar-refractivity contribution >= 4 is 5.91 Å². The van der Waals surface area contributed by atoms with Crippen molar-refractivity contribution in [2.75, 3.05) is 0 Å². The molecule has 2 heteroatoms. The number of allylic oxidation sites excluding steroid dienone is 1. The lowest BCUT2D eigenvalue weighted by molar-refractivity contribution is -0.118. The molecule has 0 aromatic heterocycles. The zero-order chi connectivity index (χ0) is 10.6. The Hall–Kier alpha value is -0.790. The number of hydrogen-bond donors (Lipinski definition) is 1. The Bertz CT molecular complexity index is 211. The Morgan fingerprint density at radius 2 is 1.85 bits per heavy atom. The number of carbonyl (C=O) groups excluding carboxylic acids is 1. The van der Waals surface area contributed by atoms with E-state index in [0.717, 1.165) is 5.57 Å². The van der Waals surface area contributed by atoms with Crippen LogP contribution in [0, 0.1) is 5.41 Å². The number of amides is 1. The van der Waals surface area contributed by atoms with Crippen LogP contribution in [0.3, 0.4) is 0 Å². The van der Waals surface area contributed by atoms with Gasteiger partial charge in [-0.1, -0.05) is 26.8 Å². The first-order chi connectivity index (χ1) is 5.79. The van der Waals surface area contributed by atoms with Crippen LogP contribution in [0.25, 0.3) is 0 Å². The summed E-state index contributed by atoms with van der Waals surface area (Å²) in [6.07, 6.45) is 1.82. The zero-order valence-electron chi connectivity index (χ0n) is 9.56. The number of carbonyl (C=O) groups is 1. The van der Waals surface area contributed by atoms with Crippen LogP contribution in [0.4, 0.5) is 0 Å². The second-order valence-corrected chi connectivity index (χ2v) is 4.53. The molecule has 0 bridgehead atoms. The predicted molar refractivity (Wildman–Crippen MR) is 56.5 cm³/mol. The highest BCUT2D eigenvalue weighted by Gasteiger charge is 2.21. The van der Waals surface area contributed by atoms with Gasteiger partial charge < -0.3 is 5.32 Å². The van der Waals surface area contributed by atoms with E-state index in [9.17, 15) is 4.79 Å². The van der Waals surface area contributed by atoms with Crippen LogP contribution in [0.5, 0.6) is 0 Å². The van der Waals surface area contributed by atoms with E-state index in [0.29, 0.717) is 0 Å². The van der Waals surface area contributed by atoms with Gasteiger partial charge in [0.05, 0.1) is 0 Å². The minimum atomic E-state index is 0.0323. The third kappa shape index (κ3) is 4.11. The minimum absolute atomic E-state index is 0.0323. The summed E-state index contributed by atoms with van der Waals surface area (Å²) in [6, 6.07) is 0.190. The number of hydrogen-bond acceptors (Lipinski definition) is 1. The van der Waals surface area contributed by atoms with E-state index in [1.165, 1.54) is 0 Å². The second kappa shape index (κ2) is 4.45. The Morgan fingerprint density at radius 1 is 1.38 bits per heavy atom. The van der Waals surface area contributed by atoms with Gasteiger partial charge in [0.25, 0.3) is 0 Å². The highest BCUT2D eigenvalue weighted by atomic mass is 16.1. The lowest BCUT2D eigenvalue weighted by atomic mass is 9.88. The van der Waals surface area contributed by atoms with Gasteiger partial charge in [-0.05, 0) is 26.2 Å². The van der Waals surface area contributed by atoms with Gasteiger partial charge in [0.15, 0.2) is 0 Å². The average molecular weight is 183 g/mol. The predicted octanol–water partition coefficient (Wildman–Crippen LogP) is 2.50. The Labute approximate surface area is 81.4 Å². The van der Waals surface area contributed by atoms with Gasteiger partial charge in [-0.2, -0.15) is 0 Å². The second-order valence-electron chi connectivity index (χ2n) is 4.53. The molecule has 0 rings (SSSR count). The first kappa shape index (κ1) is 12.2. The van der Waals surface area contributed by atoms with E-state index in [-0.39, 0.29) is 17.4 Å². The maximum atomic E-state index is 11.5. The lowest BCUT2D eigenvalue weighted by Crippen LogP contribution is -2.41. The Balaban J connectivity index is 4.23. The SMILES string of the molecule is C/C=C(/C)C(=O)NC(C)C(C)(C)C. The molecular formula is C11H21NO. The van der Waals surface area contributed by atoms with Crippen LogP contribution in [-0.2, 0) is 4.79 Å². The average Bonchev–Trinajstić information content (AvgIpc) is 2.01. The first-order valence-electron chi connectivity index (χ1n) is 4.72. The van der Waals surface area contributed by atoms with Crippen molar-refractivity contribution in [1.82, 2.24) is 5.32 Å². The summed E-state index contributed by atoms with van der Waals surface area (Å²) < 4.78 is 0. The summed E-state index contributed by atoms with van der Waals surface area (Å²) in [5.41, 5.74) is 0.889. The Morgan fingerprint density at radius 3 is 2.15 bits per heavy atom. The van der Waals surface area contributed by atoms with E-state index in [1.54, 1.807) is 0 Å². The summed E-state index contributed by atoms with van der Waals surface area (Å²) in [4.78, 5) is 11.5. The van der Waals surface area contributed by atoms with Crippen molar-refractivity contribution in [3.63, 3.8) is 0 Å². The van der Waals surface area contributed by atoms with Gasteiger partial charge in [0.1, 0.15) is 0 Å². The highest BCUT2D eigenvalue weighted by Crippen LogP contribution is 2.18. The standard InChI is InChI=1S/C11H21NO/c1-7-8(2)10(13)12-9(3)11(4,5)6/h7,9H,1-6H3,(H,12,13)/b8-7-. The van der Waals surface area contributed by atoms with E-state index in [1.807, 2.05) is 26.8 Å². The molecule has 0 saturated carbocycles. The molecule has 1 unspecified atom stereocenters. The highest BCUT2D eigenvalue weighted by molar-refractivity contribution is 5.92. The fourth-order valence-electron chi connectivity index (χ4n) is 0.658. The van der Waals surface area contributed by atoms with Gasteiger partial charge in [-0.25, -0.2) is 0 Å². The molecule has 0 aliphatic heterocycles. The van der Waals surface area contributed by atoms with Crippen LogP contribution in [0.2, 0.25) is 0 Å². The third-order valence-corrected chi connectivity index (χ3v) is 2.44. The fourth-order valence-corrected chi connectivity index (χ4v) is 0.658. The third-order valence-electron chi connectivity index (χ3n) is 2.44. The number of rotatable bonds is 2. The fraction of sp³-hybridized carbons (Fsp3) is 0.727. The summed E-state index contributed by atoms with van der Waals surface area (Å²) in [7, 11) is 0. The van der Waals surface area contributed by atoms with Crippen LogP contribution < -0.4 is 5.32 Å². The van der Waals surface area contributed by atoms with Crippen LogP contribution in [0.15, 0.2) is 11.6 Å². The van der Waals surface area contributed by atoms with Crippen molar-refractivity contribution in [2.45, 2.75) is 47.6 Å². The molecule has 1 amide bonds. The van der Waals surface area contributed by atoms with Crippen molar-refractivity contribution in [3.8, 4) is 0 Å². The topological polar surface area (TPSA) is 29.1 Å². The quantitative estimate of drug-likeness (QED) is 0.655. The zero-order valence-corrected chi connectivity index (χ0v) is 9.56. The van der Waals surface area contributed by atoms with Gasteiger partial charge in [-0.15, -0.1) is 0 Å². The van der Waals surface area contributed by atoms with Crippen LogP contribution in [-0.4, -0.2) is 11.9 Å². The summed E-state index contributed by atoms with van der Waals surface area (Å²) in [5, 5.41) is 2.96. The Kier molecular flexibility index (Phi) is 4.18. The summed E-state index contributed by atoms with van der Waals surface area (Å²) >= 11 is 0. The normalized spacial score (nSPS) is 15.4. The molecule has 2 nitrogen and oxygen atoms in total. The van der Waals surface area contributed by atoms with Gasteiger partial charge in [-0.3, -0.25) is 4.79 Å². The van der Waals surface area contributed by atoms with Crippen molar-refractivity contribution < 1.29 is 4.79 Å². The molecule has 13 heavy (non-hydrogen) atoms. The van der Waals surface area contributed by atoms with Crippen molar-refractivity contribution in [1.29, 1.82) is 0 Å². The lowest BCUT2D eigenvalue weighted by Gasteiger charge is -2.28. The molecule has 0 fully saturated rings. The van der Waals surface area contributed by atoms with E-state index in [4.69, 9.17) is 0 Å². The maximum Gasteiger partial charge on any atom is 0.246 e. The van der Waals surface area contributed by atoms with Gasteiger partial charge in [0, 0.05) is 11.6 Å². The molecule has 1 atom stereocenters. The monoisotopic (exact) mass is 183 g/mol. The van der Waals surface area contributed by atoms with Crippen LogP contribution in [0.1, 0.15) is 41.5 Å². The minimum Gasteiger partial charge on any atom is -0.349 e. The van der Waals surface area contributed by atoms with Crippen LogP contribution >= 0.6 is 0 Å². The largest absolute Gasteiger partial charge is 0.349 e. The molecule has 0 aromatic carbocycles. The molecule has 0 saturated heterocycles. The van der Waals surface area contributed by atoms with Crippen molar-refractivity contribution in [3.05, 3.63) is 11.6 Å². The molecule has 76 valence electrons. The molecular weight excluding hydrogens is 162 g/mol. The summed E-state index contributed by atoms with van der Waals surface area (Å²) in [5.74, 6) is 0.0323. The van der Waals surface area contributed by atoms with E-state index < -0.39 is 0 Å². The molecule has 0 heterocycles. The molecule has 0 aromatic rings. The van der Waals surface area contributed by atoms with E-state index in [2.05, 4.69) is 26.1 Å². The van der Waals surface area contributed by atoms with Gasteiger partial charge in [0.2, 0.25) is 5.91 Å². The maximum absolute atomic E-state index is 11.5. The first-order valence-corrected chi connectivity index (χ1v) is 4.72. The van der Waals surface area contributed by atoms with E-state index >= 15 is 0 Å². The molecule has 0 aliphatic carbocycles. The summed E-state index contributed by atoms with van der Waals surface area (Å²) in [6.45, 7) is 12.1.